The highest BCUT2D eigenvalue weighted by Crippen LogP contribution is 2.28. The van der Waals surface area contributed by atoms with Gasteiger partial charge in [-0.05, 0) is 59.3 Å². The molecule has 2 aliphatic rings. The zero-order chi connectivity index (χ0) is 16.3. The summed E-state index contributed by atoms with van der Waals surface area (Å²) >= 11 is 0. The molecule has 0 aromatic carbocycles. The maximum absolute atomic E-state index is 12.5. The fraction of sp³-hybridized carbons (Fsp3) is 0.882. The summed E-state index contributed by atoms with van der Waals surface area (Å²) in [4.78, 5) is 26.5. The van der Waals surface area contributed by atoms with Crippen LogP contribution in [0.4, 0.5) is 0 Å². The summed E-state index contributed by atoms with van der Waals surface area (Å²) in [5.74, 6) is 0.0351. The highest BCUT2D eigenvalue weighted by atomic mass is 16.6. The lowest BCUT2D eigenvalue weighted by molar-refractivity contribution is -0.162. The Morgan fingerprint density at radius 2 is 1.50 bits per heavy atom. The number of hydrogen-bond acceptors (Lipinski definition) is 4. The first-order valence-electron chi connectivity index (χ1n) is 8.46. The summed E-state index contributed by atoms with van der Waals surface area (Å²) in [6.45, 7) is 6.91. The average Bonchev–Trinajstić information content (AvgIpc) is 2.46. The highest BCUT2D eigenvalue weighted by Gasteiger charge is 2.34. The van der Waals surface area contributed by atoms with Crippen LogP contribution in [-0.2, 0) is 14.3 Å². The Hall–Kier alpha value is -1.10. The fourth-order valence-corrected chi connectivity index (χ4v) is 3.30. The molecule has 1 N–H and O–H groups in total. The molecule has 1 saturated heterocycles. The topological polar surface area (TPSA) is 66.8 Å². The van der Waals surface area contributed by atoms with E-state index in [1.807, 2.05) is 25.7 Å². The number of hydrogen-bond donors (Lipinski definition) is 1. The molecular weight excluding hydrogens is 282 g/mol. The van der Waals surface area contributed by atoms with Gasteiger partial charge >= 0.3 is 5.97 Å². The van der Waals surface area contributed by atoms with E-state index >= 15 is 0 Å². The van der Waals surface area contributed by atoms with Gasteiger partial charge in [0.25, 0.3) is 0 Å². The monoisotopic (exact) mass is 311 g/mol. The molecule has 0 atom stereocenters. The van der Waals surface area contributed by atoms with Crippen LogP contribution in [0.25, 0.3) is 0 Å². The van der Waals surface area contributed by atoms with Crippen molar-refractivity contribution in [2.24, 2.45) is 11.8 Å². The van der Waals surface area contributed by atoms with Crippen molar-refractivity contribution in [1.82, 2.24) is 4.90 Å². The van der Waals surface area contributed by atoms with Gasteiger partial charge in [-0.1, -0.05) is 0 Å². The molecule has 1 aliphatic heterocycles. The van der Waals surface area contributed by atoms with Gasteiger partial charge < -0.3 is 14.7 Å². The molecule has 0 unspecified atom stereocenters. The van der Waals surface area contributed by atoms with Crippen LogP contribution in [0.5, 0.6) is 0 Å². The normalized spacial score (nSPS) is 27.5. The van der Waals surface area contributed by atoms with Gasteiger partial charge in [0.2, 0.25) is 5.91 Å². The second kappa shape index (κ2) is 6.99. The number of aliphatic hydroxyl groups is 1. The number of carbonyl (C=O) groups excluding carboxylic acids is 2. The molecular formula is C17H29NO4. The molecule has 1 saturated carbocycles. The fourth-order valence-electron chi connectivity index (χ4n) is 3.30. The molecule has 1 aliphatic carbocycles. The molecule has 1 amide bonds. The van der Waals surface area contributed by atoms with Gasteiger partial charge in [-0.3, -0.25) is 9.59 Å². The molecule has 0 bridgehead atoms. The minimum absolute atomic E-state index is 0.0569. The van der Waals surface area contributed by atoms with E-state index in [1.54, 1.807) is 0 Å². The average molecular weight is 311 g/mol. The predicted molar refractivity (Wildman–Crippen MR) is 83.1 cm³/mol. The summed E-state index contributed by atoms with van der Waals surface area (Å²) in [6.07, 6.45) is 4.17. The molecule has 0 aromatic rings. The number of ether oxygens (including phenoxy) is 1. The van der Waals surface area contributed by atoms with Crippen LogP contribution in [0.3, 0.4) is 0 Å². The zero-order valence-electron chi connectivity index (χ0n) is 14.0. The van der Waals surface area contributed by atoms with Crippen LogP contribution in [0, 0.1) is 11.8 Å². The summed E-state index contributed by atoms with van der Waals surface area (Å²) in [7, 11) is 0. The minimum Gasteiger partial charge on any atom is -0.460 e. The number of nitrogens with zero attached hydrogens (tertiary/aromatic N) is 1. The summed E-state index contributed by atoms with van der Waals surface area (Å²) < 4.78 is 5.43. The standard InChI is InChI=1S/C17H29NO4/c1-17(2,3)22-16(21)13-8-10-18(11-9-13)15(20)12-4-6-14(19)7-5-12/h12-14,19H,4-11H2,1-3H3/t12-,14+. The van der Waals surface area contributed by atoms with Crippen LogP contribution in [-0.4, -0.2) is 46.7 Å². The zero-order valence-corrected chi connectivity index (χ0v) is 14.0. The number of rotatable bonds is 2. The van der Waals surface area contributed by atoms with Gasteiger partial charge in [-0.15, -0.1) is 0 Å². The Labute approximate surface area is 133 Å². The van der Waals surface area contributed by atoms with Gasteiger partial charge in [0.05, 0.1) is 12.0 Å². The van der Waals surface area contributed by atoms with Crippen LogP contribution in [0.15, 0.2) is 0 Å². The van der Waals surface area contributed by atoms with E-state index in [2.05, 4.69) is 0 Å². The van der Waals surface area contributed by atoms with Crippen molar-refractivity contribution in [2.75, 3.05) is 13.1 Å². The highest BCUT2D eigenvalue weighted by molar-refractivity contribution is 5.79. The predicted octanol–water partition coefficient (Wildman–Crippen LogP) is 2.12. The van der Waals surface area contributed by atoms with Crippen molar-refractivity contribution in [3.63, 3.8) is 0 Å². The van der Waals surface area contributed by atoms with Gasteiger partial charge in [0.1, 0.15) is 5.60 Å². The Morgan fingerprint density at radius 1 is 0.955 bits per heavy atom. The van der Waals surface area contributed by atoms with Gasteiger partial charge in [0, 0.05) is 19.0 Å². The SMILES string of the molecule is CC(C)(C)OC(=O)C1CCN(C(=O)[C@H]2CC[C@@H](O)CC2)CC1. The molecule has 2 rings (SSSR count). The van der Waals surface area contributed by atoms with Gasteiger partial charge in [-0.25, -0.2) is 0 Å². The number of aliphatic hydroxyl groups excluding tert-OH is 1. The van der Waals surface area contributed by atoms with Crippen molar-refractivity contribution in [2.45, 2.75) is 71.0 Å². The number of esters is 1. The molecule has 0 aromatic heterocycles. The van der Waals surface area contributed by atoms with E-state index in [-0.39, 0.29) is 29.8 Å². The van der Waals surface area contributed by atoms with Crippen molar-refractivity contribution in [3.8, 4) is 0 Å². The first-order valence-corrected chi connectivity index (χ1v) is 8.46. The van der Waals surface area contributed by atoms with Crippen molar-refractivity contribution in [3.05, 3.63) is 0 Å². The van der Waals surface area contributed by atoms with Crippen LogP contribution in [0.1, 0.15) is 59.3 Å². The molecule has 5 heteroatoms. The molecule has 5 nitrogen and oxygen atoms in total. The smallest absolute Gasteiger partial charge is 0.309 e. The van der Waals surface area contributed by atoms with E-state index < -0.39 is 5.60 Å². The Bertz CT molecular complexity index is 399. The lowest BCUT2D eigenvalue weighted by atomic mass is 9.85. The van der Waals surface area contributed by atoms with E-state index in [1.165, 1.54) is 0 Å². The maximum Gasteiger partial charge on any atom is 0.309 e. The maximum atomic E-state index is 12.5. The molecule has 1 heterocycles. The van der Waals surface area contributed by atoms with E-state index in [4.69, 9.17) is 4.74 Å². The van der Waals surface area contributed by atoms with Crippen molar-refractivity contribution >= 4 is 11.9 Å². The second-order valence-electron chi connectivity index (χ2n) is 7.64. The molecule has 2 fully saturated rings. The first-order chi connectivity index (χ1) is 10.3. The number of likely N-dealkylation sites (tertiary alicyclic amines) is 1. The van der Waals surface area contributed by atoms with Crippen LogP contribution < -0.4 is 0 Å². The lowest BCUT2D eigenvalue weighted by Gasteiger charge is -2.35. The second-order valence-corrected chi connectivity index (χ2v) is 7.64. The third-order valence-corrected chi connectivity index (χ3v) is 4.59. The molecule has 126 valence electrons. The minimum atomic E-state index is -0.451. The van der Waals surface area contributed by atoms with E-state index in [0.29, 0.717) is 25.9 Å². The quantitative estimate of drug-likeness (QED) is 0.793. The van der Waals surface area contributed by atoms with Gasteiger partial charge in [-0.2, -0.15) is 0 Å². The summed E-state index contributed by atoms with van der Waals surface area (Å²) in [5, 5.41) is 9.53. The molecule has 0 radical (unpaired) electrons. The molecule has 0 spiro atoms. The Kier molecular flexibility index (Phi) is 5.48. The largest absolute Gasteiger partial charge is 0.460 e. The van der Waals surface area contributed by atoms with E-state index in [9.17, 15) is 14.7 Å². The number of carbonyl (C=O) groups is 2. The number of piperidine rings is 1. The summed E-state index contributed by atoms with van der Waals surface area (Å²) in [5.41, 5.74) is -0.451. The van der Waals surface area contributed by atoms with E-state index in [0.717, 1.165) is 25.7 Å². The molecule has 22 heavy (non-hydrogen) atoms. The Morgan fingerprint density at radius 3 is 2.00 bits per heavy atom. The van der Waals surface area contributed by atoms with Gasteiger partial charge in [0.15, 0.2) is 0 Å². The third-order valence-electron chi connectivity index (χ3n) is 4.59. The first kappa shape index (κ1) is 17.3. The van der Waals surface area contributed by atoms with Crippen molar-refractivity contribution < 1.29 is 19.4 Å². The third kappa shape index (κ3) is 4.70. The van der Waals surface area contributed by atoms with Crippen molar-refractivity contribution in [1.29, 1.82) is 0 Å². The lowest BCUT2D eigenvalue weighted by Crippen LogP contribution is -2.44. The Balaban J connectivity index is 1.79. The number of amides is 1. The van der Waals surface area contributed by atoms with Crippen LogP contribution >= 0.6 is 0 Å². The van der Waals surface area contributed by atoms with Crippen LogP contribution in [0.2, 0.25) is 0 Å². The summed E-state index contributed by atoms with van der Waals surface area (Å²) in [6, 6.07) is 0.